The molecule has 0 bridgehead atoms. The highest BCUT2D eigenvalue weighted by Crippen LogP contribution is 2.16. The molecule has 0 saturated heterocycles. The van der Waals surface area contributed by atoms with Crippen molar-refractivity contribution in [3.05, 3.63) is 65.2 Å². The largest absolute Gasteiger partial charge is 0.356 e. The van der Waals surface area contributed by atoms with Crippen LogP contribution in [0.15, 0.2) is 47.5 Å². The summed E-state index contributed by atoms with van der Waals surface area (Å²) in [5.41, 5.74) is 4.11. The maximum atomic E-state index is 13.5. The Morgan fingerprint density at radius 3 is 2.81 bits per heavy atom. The highest BCUT2D eigenvalue weighted by Gasteiger charge is 2.06. The molecule has 0 spiro atoms. The average Bonchev–Trinajstić information content (AvgIpc) is 3.09. The number of thioether (sulfide) groups is 1. The Morgan fingerprint density at radius 1 is 1.19 bits per heavy atom. The zero-order valence-electron chi connectivity index (χ0n) is 15.6. The number of imidazole rings is 1. The van der Waals surface area contributed by atoms with E-state index in [-0.39, 0.29) is 5.82 Å². The molecule has 0 aliphatic rings. The van der Waals surface area contributed by atoms with Crippen molar-refractivity contribution in [3.63, 3.8) is 0 Å². The third kappa shape index (κ3) is 5.23. The minimum absolute atomic E-state index is 0.198. The number of benzene rings is 2. The van der Waals surface area contributed by atoms with Gasteiger partial charge in [-0.3, -0.25) is 4.99 Å². The van der Waals surface area contributed by atoms with Gasteiger partial charge >= 0.3 is 0 Å². The summed E-state index contributed by atoms with van der Waals surface area (Å²) in [6.45, 7) is 1.31. The molecule has 0 atom stereocenters. The highest BCUT2D eigenvalue weighted by molar-refractivity contribution is 7.97. The number of rotatable bonds is 7. The van der Waals surface area contributed by atoms with Crippen LogP contribution in [0.2, 0.25) is 0 Å². The molecule has 0 saturated carbocycles. The molecule has 7 heteroatoms. The lowest BCUT2D eigenvalue weighted by molar-refractivity contribution is 0.625. The van der Waals surface area contributed by atoms with E-state index in [2.05, 4.69) is 25.6 Å². The number of fused-ring (bicyclic) bond motifs is 1. The molecule has 5 nitrogen and oxygen atoms in total. The molecule has 2 aromatic carbocycles. The van der Waals surface area contributed by atoms with Gasteiger partial charge in [0, 0.05) is 32.3 Å². The van der Waals surface area contributed by atoms with Crippen LogP contribution in [0.3, 0.4) is 0 Å². The normalized spacial score (nSPS) is 11.7. The predicted molar refractivity (Wildman–Crippen MR) is 112 cm³/mol. The van der Waals surface area contributed by atoms with Crippen molar-refractivity contribution in [1.82, 2.24) is 20.6 Å². The number of halogens is 1. The maximum Gasteiger partial charge on any atom is 0.191 e. The fourth-order valence-corrected chi connectivity index (χ4v) is 3.46. The standard InChI is InChI=1S/C20H24FN5S/c1-22-20(24-12-14-7-8-16(21)11-15(14)13-27-2)23-10-9-19-25-17-5-3-4-6-18(17)26-19/h3-8,11H,9-10,12-13H2,1-2H3,(H,25,26)(H2,22,23,24). The summed E-state index contributed by atoms with van der Waals surface area (Å²) in [5.74, 6) is 2.24. The number of H-pyrrole nitrogens is 1. The SMILES string of the molecule is CN=C(NCCc1nc2ccccc2[nH]1)NCc1ccc(F)cc1CSC. The van der Waals surface area contributed by atoms with Crippen LogP contribution in [0.1, 0.15) is 17.0 Å². The summed E-state index contributed by atoms with van der Waals surface area (Å²) in [6, 6.07) is 12.9. The van der Waals surface area contributed by atoms with Crippen LogP contribution in [0.4, 0.5) is 4.39 Å². The lowest BCUT2D eigenvalue weighted by Crippen LogP contribution is -2.38. The molecule has 0 unspecified atom stereocenters. The number of nitrogens with zero attached hydrogens (tertiary/aromatic N) is 2. The van der Waals surface area contributed by atoms with E-state index >= 15 is 0 Å². The Hall–Kier alpha value is -2.54. The number of aliphatic imine (C=N–C) groups is 1. The summed E-state index contributed by atoms with van der Waals surface area (Å²) in [7, 11) is 1.74. The Labute approximate surface area is 162 Å². The van der Waals surface area contributed by atoms with E-state index in [1.807, 2.05) is 36.6 Å². The summed E-state index contributed by atoms with van der Waals surface area (Å²) >= 11 is 1.68. The van der Waals surface area contributed by atoms with E-state index < -0.39 is 0 Å². The van der Waals surface area contributed by atoms with Gasteiger partial charge in [-0.15, -0.1) is 0 Å². The molecule has 142 valence electrons. The van der Waals surface area contributed by atoms with E-state index in [9.17, 15) is 4.39 Å². The molecule has 1 heterocycles. The number of hydrogen-bond acceptors (Lipinski definition) is 3. The summed E-state index contributed by atoms with van der Waals surface area (Å²) in [6.07, 6.45) is 2.78. The molecule has 0 aliphatic carbocycles. The molecule has 0 fully saturated rings. The molecule has 0 amide bonds. The molecule has 3 N–H and O–H groups in total. The molecular weight excluding hydrogens is 361 g/mol. The van der Waals surface area contributed by atoms with E-state index in [1.54, 1.807) is 24.9 Å². The summed E-state index contributed by atoms with van der Waals surface area (Å²) in [5, 5.41) is 6.59. The van der Waals surface area contributed by atoms with Crippen molar-refractivity contribution in [3.8, 4) is 0 Å². The number of para-hydroxylation sites is 2. The van der Waals surface area contributed by atoms with E-state index in [0.29, 0.717) is 19.0 Å². The minimum atomic E-state index is -0.198. The molecule has 0 aliphatic heterocycles. The first-order valence-electron chi connectivity index (χ1n) is 8.84. The van der Waals surface area contributed by atoms with Gasteiger partial charge in [-0.05, 0) is 41.6 Å². The van der Waals surface area contributed by atoms with Crippen molar-refractivity contribution in [2.75, 3.05) is 19.8 Å². The van der Waals surface area contributed by atoms with Gasteiger partial charge in [0.2, 0.25) is 0 Å². The Balaban J connectivity index is 1.52. The number of nitrogens with one attached hydrogen (secondary N) is 3. The quantitative estimate of drug-likeness (QED) is 0.430. The average molecular weight is 386 g/mol. The van der Waals surface area contributed by atoms with Crippen molar-refractivity contribution in [2.24, 2.45) is 4.99 Å². The first-order valence-corrected chi connectivity index (χ1v) is 10.2. The Bertz CT molecular complexity index is 889. The minimum Gasteiger partial charge on any atom is -0.356 e. The predicted octanol–water partition coefficient (Wildman–Crippen LogP) is 3.47. The van der Waals surface area contributed by atoms with Crippen LogP contribution >= 0.6 is 11.8 Å². The van der Waals surface area contributed by atoms with E-state index in [0.717, 1.165) is 40.2 Å². The molecule has 3 aromatic rings. The highest BCUT2D eigenvalue weighted by atomic mass is 32.2. The van der Waals surface area contributed by atoms with Gasteiger partial charge < -0.3 is 15.6 Å². The van der Waals surface area contributed by atoms with Gasteiger partial charge in [-0.25, -0.2) is 9.37 Å². The van der Waals surface area contributed by atoms with Gasteiger partial charge in [0.05, 0.1) is 11.0 Å². The van der Waals surface area contributed by atoms with Crippen molar-refractivity contribution < 1.29 is 4.39 Å². The second-order valence-corrected chi connectivity index (χ2v) is 7.02. The number of guanidine groups is 1. The molecule has 3 rings (SSSR count). The maximum absolute atomic E-state index is 13.5. The fourth-order valence-electron chi connectivity index (χ4n) is 2.88. The first kappa shape index (κ1) is 19.2. The lowest BCUT2D eigenvalue weighted by Gasteiger charge is -2.14. The van der Waals surface area contributed by atoms with Gasteiger partial charge in [-0.1, -0.05) is 18.2 Å². The van der Waals surface area contributed by atoms with Crippen LogP contribution in [-0.4, -0.2) is 35.8 Å². The van der Waals surface area contributed by atoms with Crippen LogP contribution < -0.4 is 10.6 Å². The fraction of sp³-hybridized carbons (Fsp3) is 0.300. The van der Waals surface area contributed by atoms with Crippen molar-refractivity contribution in [2.45, 2.75) is 18.7 Å². The smallest absolute Gasteiger partial charge is 0.191 e. The topological polar surface area (TPSA) is 65.1 Å². The van der Waals surface area contributed by atoms with Gasteiger partial charge in [0.1, 0.15) is 11.6 Å². The monoisotopic (exact) mass is 385 g/mol. The molecular formula is C20H24FN5S. The van der Waals surface area contributed by atoms with Gasteiger partial charge in [-0.2, -0.15) is 11.8 Å². The van der Waals surface area contributed by atoms with E-state index in [1.165, 1.54) is 6.07 Å². The number of hydrogen-bond donors (Lipinski definition) is 3. The number of aromatic nitrogens is 2. The zero-order chi connectivity index (χ0) is 19.1. The molecule has 27 heavy (non-hydrogen) atoms. The Kier molecular flexibility index (Phi) is 6.70. The second kappa shape index (κ2) is 9.41. The third-order valence-corrected chi connectivity index (χ3v) is 4.83. The molecule has 0 radical (unpaired) electrons. The summed E-state index contributed by atoms with van der Waals surface area (Å²) < 4.78 is 13.5. The summed E-state index contributed by atoms with van der Waals surface area (Å²) in [4.78, 5) is 12.2. The third-order valence-electron chi connectivity index (χ3n) is 4.23. The van der Waals surface area contributed by atoms with Crippen LogP contribution in [-0.2, 0) is 18.7 Å². The van der Waals surface area contributed by atoms with Gasteiger partial charge in [0.15, 0.2) is 5.96 Å². The van der Waals surface area contributed by atoms with E-state index in [4.69, 9.17) is 0 Å². The zero-order valence-corrected chi connectivity index (χ0v) is 16.4. The van der Waals surface area contributed by atoms with Crippen molar-refractivity contribution >= 4 is 28.8 Å². The lowest BCUT2D eigenvalue weighted by atomic mass is 10.1. The Morgan fingerprint density at radius 2 is 2.04 bits per heavy atom. The van der Waals surface area contributed by atoms with Gasteiger partial charge in [0.25, 0.3) is 0 Å². The van der Waals surface area contributed by atoms with Crippen molar-refractivity contribution in [1.29, 1.82) is 0 Å². The van der Waals surface area contributed by atoms with Crippen LogP contribution in [0.25, 0.3) is 11.0 Å². The first-order chi connectivity index (χ1) is 13.2. The number of aromatic amines is 1. The second-order valence-electron chi connectivity index (χ2n) is 6.15. The van der Waals surface area contributed by atoms with Crippen LogP contribution in [0, 0.1) is 5.82 Å². The van der Waals surface area contributed by atoms with Crippen LogP contribution in [0.5, 0.6) is 0 Å². The molecule has 1 aromatic heterocycles.